The maximum atomic E-state index is 11.2. The van der Waals surface area contributed by atoms with Crippen molar-refractivity contribution in [3.05, 3.63) is 36.4 Å². The number of allylic oxidation sites excluding steroid dienone is 1. The van der Waals surface area contributed by atoms with Crippen LogP contribution in [0.4, 0.5) is 0 Å². The maximum absolute atomic E-state index is 11.2. The topological polar surface area (TPSA) is 26.3 Å². The Bertz CT molecular complexity index is 371. The molecule has 0 radical (unpaired) electrons. The Morgan fingerprint density at radius 1 is 1.62 bits per heavy atom. The fourth-order valence-electron chi connectivity index (χ4n) is 1.17. The van der Waals surface area contributed by atoms with Gasteiger partial charge in [-0.05, 0) is 24.3 Å². The Morgan fingerprint density at radius 2 is 2.46 bits per heavy atom. The SMILES string of the molecule is C=CC(=O)c1ccc2c(c1)OCS2. The second-order valence-electron chi connectivity index (χ2n) is 2.64. The van der Waals surface area contributed by atoms with Crippen LogP contribution in [0.15, 0.2) is 35.7 Å². The van der Waals surface area contributed by atoms with E-state index in [1.807, 2.05) is 6.07 Å². The highest BCUT2D eigenvalue weighted by molar-refractivity contribution is 7.99. The molecule has 66 valence electrons. The van der Waals surface area contributed by atoms with Crippen LogP contribution in [0.25, 0.3) is 0 Å². The standard InChI is InChI=1S/C10H8O2S/c1-2-8(11)7-3-4-10-9(5-7)12-6-13-10/h2-5H,1,6H2. The zero-order chi connectivity index (χ0) is 9.26. The van der Waals surface area contributed by atoms with Crippen LogP contribution in [-0.2, 0) is 0 Å². The van der Waals surface area contributed by atoms with E-state index in [4.69, 9.17) is 4.74 Å². The van der Waals surface area contributed by atoms with E-state index in [-0.39, 0.29) is 5.78 Å². The van der Waals surface area contributed by atoms with Crippen molar-refractivity contribution in [2.24, 2.45) is 0 Å². The Kier molecular flexibility index (Phi) is 2.10. The number of ether oxygens (including phenoxy) is 1. The van der Waals surface area contributed by atoms with E-state index in [0.717, 1.165) is 10.6 Å². The van der Waals surface area contributed by atoms with Gasteiger partial charge in [-0.1, -0.05) is 18.3 Å². The van der Waals surface area contributed by atoms with Gasteiger partial charge in [0.25, 0.3) is 0 Å². The molecule has 0 N–H and O–H groups in total. The lowest BCUT2D eigenvalue weighted by Gasteiger charge is -1.99. The summed E-state index contributed by atoms with van der Waals surface area (Å²) < 4.78 is 5.31. The van der Waals surface area contributed by atoms with Gasteiger partial charge >= 0.3 is 0 Å². The van der Waals surface area contributed by atoms with Crippen LogP contribution in [0.3, 0.4) is 0 Å². The maximum Gasteiger partial charge on any atom is 0.185 e. The van der Waals surface area contributed by atoms with E-state index in [2.05, 4.69) is 6.58 Å². The second-order valence-corrected chi connectivity index (χ2v) is 3.60. The Labute approximate surface area is 80.6 Å². The number of carbonyl (C=O) groups is 1. The number of hydrogen-bond donors (Lipinski definition) is 0. The van der Waals surface area contributed by atoms with Crippen molar-refractivity contribution < 1.29 is 9.53 Å². The van der Waals surface area contributed by atoms with E-state index >= 15 is 0 Å². The summed E-state index contributed by atoms with van der Waals surface area (Å²) in [5, 5.41) is 0. The number of fused-ring (bicyclic) bond motifs is 1. The highest BCUT2D eigenvalue weighted by atomic mass is 32.2. The number of ketones is 1. The fraction of sp³-hybridized carbons (Fsp3) is 0.100. The first kappa shape index (κ1) is 8.38. The molecule has 0 spiro atoms. The summed E-state index contributed by atoms with van der Waals surface area (Å²) in [6.07, 6.45) is 1.31. The molecule has 0 aliphatic carbocycles. The lowest BCUT2D eigenvalue weighted by atomic mass is 10.1. The zero-order valence-corrected chi connectivity index (χ0v) is 7.76. The molecule has 3 heteroatoms. The molecule has 1 aliphatic heterocycles. The van der Waals surface area contributed by atoms with Gasteiger partial charge in [0.15, 0.2) is 5.78 Å². The quantitative estimate of drug-likeness (QED) is 0.532. The molecule has 2 rings (SSSR count). The van der Waals surface area contributed by atoms with Gasteiger partial charge in [-0.2, -0.15) is 0 Å². The summed E-state index contributed by atoms with van der Waals surface area (Å²) in [4.78, 5) is 12.3. The van der Waals surface area contributed by atoms with Crippen LogP contribution < -0.4 is 4.74 Å². The smallest absolute Gasteiger partial charge is 0.185 e. The summed E-state index contributed by atoms with van der Waals surface area (Å²) in [6, 6.07) is 5.47. The molecule has 2 nitrogen and oxygen atoms in total. The minimum atomic E-state index is -0.0664. The predicted molar refractivity (Wildman–Crippen MR) is 52.3 cm³/mol. The number of hydrogen-bond acceptors (Lipinski definition) is 3. The highest BCUT2D eigenvalue weighted by Gasteiger charge is 2.14. The van der Waals surface area contributed by atoms with Crippen LogP contribution in [-0.4, -0.2) is 11.7 Å². The summed E-state index contributed by atoms with van der Waals surface area (Å²) in [5.41, 5.74) is 0.635. The molecule has 0 unspecified atom stereocenters. The zero-order valence-electron chi connectivity index (χ0n) is 6.95. The van der Waals surface area contributed by atoms with Crippen LogP contribution in [0.1, 0.15) is 10.4 Å². The average molecular weight is 192 g/mol. The van der Waals surface area contributed by atoms with Gasteiger partial charge in [0.1, 0.15) is 11.7 Å². The van der Waals surface area contributed by atoms with E-state index in [0.29, 0.717) is 11.5 Å². The Hall–Kier alpha value is -1.22. The molecule has 1 aliphatic rings. The molecule has 0 atom stereocenters. The first-order chi connectivity index (χ1) is 6.31. The molecule has 0 aromatic heterocycles. The third kappa shape index (κ3) is 1.47. The van der Waals surface area contributed by atoms with E-state index < -0.39 is 0 Å². The molecule has 0 saturated carbocycles. The molecule has 13 heavy (non-hydrogen) atoms. The Morgan fingerprint density at radius 3 is 3.23 bits per heavy atom. The van der Waals surface area contributed by atoms with E-state index in [1.165, 1.54) is 6.08 Å². The second kappa shape index (κ2) is 3.26. The van der Waals surface area contributed by atoms with Crippen LogP contribution in [0, 0.1) is 0 Å². The third-order valence-electron chi connectivity index (χ3n) is 1.84. The first-order valence-corrected chi connectivity index (χ1v) is 4.86. The van der Waals surface area contributed by atoms with Crippen molar-refractivity contribution in [1.29, 1.82) is 0 Å². The van der Waals surface area contributed by atoms with Crippen molar-refractivity contribution in [3.8, 4) is 5.75 Å². The normalized spacial score (nSPS) is 13.2. The molecular weight excluding hydrogens is 184 g/mol. The lowest BCUT2D eigenvalue weighted by molar-refractivity contribution is 0.104. The van der Waals surface area contributed by atoms with Crippen molar-refractivity contribution >= 4 is 17.5 Å². The number of benzene rings is 1. The van der Waals surface area contributed by atoms with E-state index in [1.54, 1.807) is 23.9 Å². The number of thioether (sulfide) groups is 1. The summed E-state index contributed by atoms with van der Waals surface area (Å²) in [6.45, 7) is 3.43. The van der Waals surface area contributed by atoms with Gasteiger partial charge in [0.05, 0.1) is 4.90 Å². The molecule has 1 aromatic carbocycles. The van der Waals surface area contributed by atoms with Gasteiger partial charge in [0.2, 0.25) is 0 Å². The van der Waals surface area contributed by atoms with Crippen molar-refractivity contribution in [2.45, 2.75) is 4.90 Å². The lowest BCUT2D eigenvalue weighted by Crippen LogP contribution is -1.93. The van der Waals surface area contributed by atoms with Crippen molar-refractivity contribution in [3.63, 3.8) is 0 Å². The number of carbonyl (C=O) groups excluding carboxylic acids is 1. The molecular formula is C10H8O2S. The minimum Gasteiger partial charge on any atom is -0.481 e. The highest BCUT2D eigenvalue weighted by Crippen LogP contribution is 2.36. The van der Waals surface area contributed by atoms with Gasteiger partial charge in [-0.15, -0.1) is 0 Å². The summed E-state index contributed by atoms with van der Waals surface area (Å²) >= 11 is 1.64. The fourth-order valence-corrected chi connectivity index (χ4v) is 1.90. The van der Waals surface area contributed by atoms with Gasteiger partial charge in [-0.3, -0.25) is 4.79 Å². The van der Waals surface area contributed by atoms with Crippen molar-refractivity contribution in [1.82, 2.24) is 0 Å². The van der Waals surface area contributed by atoms with Gasteiger partial charge in [0, 0.05) is 5.56 Å². The Balaban J connectivity index is 2.41. The molecule has 0 fully saturated rings. The van der Waals surface area contributed by atoms with Crippen molar-refractivity contribution in [2.75, 3.05) is 5.94 Å². The monoisotopic (exact) mass is 192 g/mol. The van der Waals surface area contributed by atoms with Crippen LogP contribution in [0.2, 0.25) is 0 Å². The molecule has 0 amide bonds. The van der Waals surface area contributed by atoms with Gasteiger partial charge < -0.3 is 4.74 Å². The third-order valence-corrected chi connectivity index (χ3v) is 2.73. The molecule has 0 bridgehead atoms. The van der Waals surface area contributed by atoms with Crippen LogP contribution >= 0.6 is 11.8 Å². The molecule has 1 aromatic rings. The number of rotatable bonds is 2. The minimum absolute atomic E-state index is 0.0664. The summed E-state index contributed by atoms with van der Waals surface area (Å²) in [7, 11) is 0. The van der Waals surface area contributed by atoms with Gasteiger partial charge in [-0.25, -0.2) is 0 Å². The predicted octanol–water partition coefficient (Wildman–Crippen LogP) is 2.50. The molecule has 0 saturated heterocycles. The van der Waals surface area contributed by atoms with E-state index in [9.17, 15) is 4.79 Å². The average Bonchev–Trinajstić information content (AvgIpc) is 2.63. The first-order valence-electron chi connectivity index (χ1n) is 3.87. The molecule has 1 heterocycles. The largest absolute Gasteiger partial charge is 0.481 e. The van der Waals surface area contributed by atoms with Crippen LogP contribution in [0.5, 0.6) is 5.75 Å². The summed E-state index contributed by atoms with van der Waals surface area (Å²) in [5.74, 6) is 1.38.